The van der Waals surface area contributed by atoms with Gasteiger partial charge in [0.15, 0.2) is 0 Å². The van der Waals surface area contributed by atoms with E-state index >= 15 is 0 Å². The quantitative estimate of drug-likeness (QED) is 0.300. The molecule has 3 aromatic rings. The van der Waals surface area contributed by atoms with E-state index in [0.29, 0.717) is 32.9 Å². The number of para-hydroxylation sites is 2. The number of anilines is 2. The maximum absolute atomic E-state index is 13.7. The minimum absolute atomic E-state index is 0.130. The highest BCUT2D eigenvalue weighted by atomic mass is 35.5. The third-order valence-corrected chi connectivity index (χ3v) is 7.53. The van der Waals surface area contributed by atoms with E-state index in [0.717, 1.165) is 16.7 Å². The SMILES string of the molecule is Cc1ccccc1NC(=O)/C(C#N)=C1\S[C@@H](Cc2cc(Cl)ccc2Cl)C(=O)N1c1ccccc1C. The molecule has 5 nitrogen and oxygen atoms in total. The fraction of sp³-hybridized carbons (Fsp3) is 0.148. The zero-order valence-corrected chi connectivity index (χ0v) is 21.3. The van der Waals surface area contributed by atoms with Crippen LogP contribution in [0, 0.1) is 25.2 Å². The summed E-state index contributed by atoms with van der Waals surface area (Å²) in [5, 5.41) is 13.6. The van der Waals surface area contributed by atoms with Crippen LogP contribution in [-0.4, -0.2) is 17.1 Å². The molecule has 0 saturated carbocycles. The van der Waals surface area contributed by atoms with E-state index in [1.54, 1.807) is 36.4 Å². The van der Waals surface area contributed by atoms with Crippen LogP contribution in [0.25, 0.3) is 0 Å². The van der Waals surface area contributed by atoms with Crippen LogP contribution in [0.15, 0.2) is 77.3 Å². The lowest BCUT2D eigenvalue weighted by atomic mass is 10.1. The molecule has 4 rings (SSSR count). The van der Waals surface area contributed by atoms with Crippen molar-refractivity contribution in [1.29, 1.82) is 5.26 Å². The Morgan fingerprint density at radius 1 is 1.06 bits per heavy atom. The van der Waals surface area contributed by atoms with Gasteiger partial charge < -0.3 is 5.32 Å². The second-order valence-corrected chi connectivity index (χ2v) is 10.1. The average molecular weight is 522 g/mol. The number of hydrogen-bond acceptors (Lipinski definition) is 4. The molecule has 0 unspecified atom stereocenters. The number of nitrogens with one attached hydrogen (secondary N) is 1. The van der Waals surface area contributed by atoms with Gasteiger partial charge in [-0.2, -0.15) is 5.26 Å². The van der Waals surface area contributed by atoms with Gasteiger partial charge in [-0.3, -0.25) is 14.5 Å². The van der Waals surface area contributed by atoms with Crippen LogP contribution >= 0.6 is 35.0 Å². The number of carbonyl (C=O) groups excluding carboxylic acids is 2. The molecule has 1 heterocycles. The van der Waals surface area contributed by atoms with Gasteiger partial charge >= 0.3 is 0 Å². The summed E-state index contributed by atoms with van der Waals surface area (Å²) in [7, 11) is 0. The molecular formula is C27H21Cl2N3O2S. The van der Waals surface area contributed by atoms with Crippen molar-refractivity contribution in [3.8, 4) is 6.07 Å². The van der Waals surface area contributed by atoms with Crippen molar-refractivity contribution in [3.05, 3.63) is 104 Å². The van der Waals surface area contributed by atoms with Gasteiger partial charge in [-0.05, 0) is 67.3 Å². The molecule has 0 radical (unpaired) electrons. The van der Waals surface area contributed by atoms with Crippen LogP contribution < -0.4 is 10.2 Å². The highest BCUT2D eigenvalue weighted by Gasteiger charge is 2.41. The number of rotatable bonds is 5. The van der Waals surface area contributed by atoms with E-state index < -0.39 is 11.2 Å². The molecule has 0 bridgehead atoms. The Kier molecular flexibility index (Phi) is 7.51. The van der Waals surface area contributed by atoms with Crippen molar-refractivity contribution >= 4 is 58.2 Å². The zero-order chi connectivity index (χ0) is 25.1. The molecule has 35 heavy (non-hydrogen) atoms. The fourth-order valence-corrected chi connectivity index (χ4v) is 5.50. The first-order chi connectivity index (χ1) is 16.8. The molecule has 1 aliphatic heterocycles. The molecule has 176 valence electrons. The molecule has 1 saturated heterocycles. The largest absolute Gasteiger partial charge is 0.321 e. The van der Waals surface area contributed by atoms with E-state index in [9.17, 15) is 14.9 Å². The molecule has 1 atom stereocenters. The minimum atomic E-state index is -0.588. The van der Waals surface area contributed by atoms with E-state index in [4.69, 9.17) is 23.2 Å². The maximum atomic E-state index is 13.7. The molecule has 3 aromatic carbocycles. The van der Waals surface area contributed by atoms with E-state index in [1.807, 2.05) is 50.2 Å². The standard InChI is InChI=1S/C27H21Cl2N3O2S/c1-16-7-3-5-9-22(16)31-25(33)20(15-30)27-32(23-10-6-4-8-17(23)2)26(34)24(35-27)14-18-13-19(28)11-12-21(18)29/h3-13,24H,14H2,1-2H3,(H,31,33)/b27-20-/t24-/m0/s1. The Morgan fingerprint density at radius 3 is 2.43 bits per heavy atom. The topological polar surface area (TPSA) is 73.2 Å². The molecule has 1 aliphatic rings. The highest BCUT2D eigenvalue weighted by molar-refractivity contribution is 8.05. The highest BCUT2D eigenvalue weighted by Crippen LogP contribution is 2.43. The van der Waals surface area contributed by atoms with Gasteiger partial charge in [-0.1, -0.05) is 71.4 Å². The third kappa shape index (κ3) is 5.23. The molecule has 1 N–H and O–H groups in total. The van der Waals surface area contributed by atoms with Crippen molar-refractivity contribution < 1.29 is 9.59 Å². The molecular weight excluding hydrogens is 501 g/mol. The Balaban J connectivity index is 1.77. The summed E-state index contributed by atoms with van der Waals surface area (Å²) in [5.41, 5.74) is 3.52. The normalized spacial score (nSPS) is 16.7. The number of hydrogen-bond donors (Lipinski definition) is 1. The van der Waals surface area contributed by atoms with Crippen molar-refractivity contribution in [2.75, 3.05) is 10.2 Å². The fourth-order valence-electron chi connectivity index (χ4n) is 3.82. The molecule has 1 fully saturated rings. The predicted octanol–water partition coefficient (Wildman–Crippen LogP) is 6.68. The van der Waals surface area contributed by atoms with Crippen molar-refractivity contribution in [1.82, 2.24) is 0 Å². The van der Waals surface area contributed by atoms with Gasteiger partial charge in [0, 0.05) is 15.7 Å². The van der Waals surface area contributed by atoms with Crippen LogP contribution in [-0.2, 0) is 16.0 Å². The van der Waals surface area contributed by atoms with Crippen LogP contribution in [0.1, 0.15) is 16.7 Å². The molecule has 0 aliphatic carbocycles. The lowest BCUT2D eigenvalue weighted by Crippen LogP contribution is -2.31. The Hall–Kier alpha value is -3.24. The summed E-state index contributed by atoms with van der Waals surface area (Å²) >= 11 is 13.7. The monoisotopic (exact) mass is 521 g/mol. The molecule has 0 spiro atoms. The number of carbonyl (C=O) groups is 2. The maximum Gasteiger partial charge on any atom is 0.269 e. The first-order valence-electron chi connectivity index (χ1n) is 10.8. The average Bonchev–Trinajstić information content (AvgIpc) is 3.14. The van der Waals surface area contributed by atoms with Crippen molar-refractivity contribution in [3.63, 3.8) is 0 Å². The lowest BCUT2D eigenvalue weighted by Gasteiger charge is -2.21. The zero-order valence-electron chi connectivity index (χ0n) is 19.0. The van der Waals surface area contributed by atoms with Gasteiger partial charge in [-0.25, -0.2) is 0 Å². The van der Waals surface area contributed by atoms with Crippen LogP contribution in [0.3, 0.4) is 0 Å². The van der Waals surface area contributed by atoms with E-state index in [1.165, 1.54) is 16.7 Å². The molecule has 8 heteroatoms. The third-order valence-electron chi connectivity index (χ3n) is 5.67. The van der Waals surface area contributed by atoms with Gasteiger partial charge in [0.2, 0.25) is 5.91 Å². The molecule has 0 aromatic heterocycles. The Labute approximate surface area is 218 Å². The summed E-state index contributed by atoms with van der Waals surface area (Å²) in [6, 6.07) is 21.8. The van der Waals surface area contributed by atoms with E-state index in [-0.39, 0.29) is 11.5 Å². The number of thioether (sulfide) groups is 1. The second-order valence-electron chi connectivity index (χ2n) is 8.07. The number of nitrogens with zero attached hydrogens (tertiary/aromatic N) is 2. The van der Waals surface area contributed by atoms with Gasteiger partial charge in [-0.15, -0.1) is 0 Å². The van der Waals surface area contributed by atoms with Crippen molar-refractivity contribution in [2.24, 2.45) is 0 Å². The number of nitriles is 1. The van der Waals surface area contributed by atoms with Gasteiger partial charge in [0.05, 0.1) is 10.9 Å². The van der Waals surface area contributed by atoms with Crippen LogP contribution in [0.5, 0.6) is 0 Å². The number of aryl methyl sites for hydroxylation is 2. The summed E-state index contributed by atoms with van der Waals surface area (Å²) in [4.78, 5) is 28.4. The molecule has 2 amide bonds. The summed E-state index contributed by atoms with van der Waals surface area (Å²) in [5.74, 6) is -0.802. The van der Waals surface area contributed by atoms with Crippen LogP contribution in [0.4, 0.5) is 11.4 Å². The first kappa shape index (κ1) is 24.9. The Bertz CT molecular complexity index is 1400. The number of halogens is 2. The second kappa shape index (κ2) is 10.6. The van der Waals surface area contributed by atoms with Crippen LogP contribution in [0.2, 0.25) is 10.0 Å². The minimum Gasteiger partial charge on any atom is -0.321 e. The number of benzene rings is 3. The summed E-state index contributed by atoms with van der Waals surface area (Å²) < 4.78 is 0. The van der Waals surface area contributed by atoms with Crippen molar-refractivity contribution in [2.45, 2.75) is 25.5 Å². The van der Waals surface area contributed by atoms with Gasteiger partial charge in [0.1, 0.15) is 16.7 Å². The van der Waals surface area contributed by atoms with Gasteiger partial charge in [0.25, 0.3) is 5.91 Å². The summed E-state index contributed by atoms with van der Waals surface area (Å²) in [6.07, 6.45) is 0.299. The first-order valence-corrected chi connectivity index (χ1v) is 12.4. The summed E-state index contributed by atoms with van der Waals surface area (Å²) in [6.45, 7) is 3.75. The Morgan fingerprint density at radius 2 is 1.74 bits per heavy atom. The number of amides is 2. The smallest absolute Gasteiger partial charge is 0.269 e. The van der Waals surface area contributed by atoms with E-state index in [2.05, 4.69) is 5.32 Å². The lowest BCUT2D eigenvalue weighted by molar-refractivity contribution is -0.117. The predicted molar refractivity (Wildman–Crippen MR) is 143 cm³/mol.